The second-order valence-electron chi connectivity index (χ2n) is 5.16. The number of nitrogens with zero attached hydrogens (tertiary/aromatic N) is 3. The predicted molar refractivity (Wildman–Crippen MR) is 87.3 cm³/mol. The average Bonchev–Trinajstić information content (AvgIpc) is 2.93. The number of aryl methyl sites for hydroxylation is 1. The molecule has 2 rings (SSSR count). The maximum Gasteiger partial charge on any atom is 0.313 e. The summed E-state index contributed by atoms with van der Waals surface area (Å²) < 4.78 is 12.0. The van der Waals surface area contributed by atoms with E-state index < -0.39 is 5.97 Å². The maximum atomic E-state index is 11.6. The topological polar surface area (TPSA) is 83.3 Å². The molecule has 0 bridgehead atoms. The molecule has 0 aliphatic heterocycles. The predicted octanol–water partition coefficient (Wildman–Crippen LogP) is 1.79. The summed E-state index contributed by atoms with van der Waals surface area (Å²) in [5.74, 6) is 0.717. The van der Waals surface area contributed by atoms with Gasteiger partial charge >= 0.3 is 5.97 Å². The van der Waals surface area contributed by atoms with Gasteiger partial charge in [-0.05, 0) is 13.8 Å². The maximum absolute atomic E-state index is 11.6. The highest BCUT2D eigenvalue weighted by atomic mass is 16.5. The van der Waals surface area contributed by atoms with Gasteiger partial charge in [-0.3, -0.25) is 9.59 Å². The van der Waals surface area contributed by atoms with E-state index in [0.717, 1.165) is 17.2 Å². The molecule has 0 amide bonds. The third-order valence-electron chi connectivity index (χ3n) is 3.34. The van der Waals surface area contributed by atoms with Gasteiger partial charge in [0.15, 0.2) is 11.6 Å². The molecule has 0 unspecified atom stereocenters. The number of hydrogen-bond donors (Lipinski definition) is 0. The molecule has 0 aliphatic rings. The molecule has 1 aromatic heterocycles. The Bertz CT molecular complexity index is 682. The van der Waals surface area contributed by atoms with Gasteiger partial charge in [0, 0.05) is 12.1 Å². The lowest BCUT2D eigenvalue weighted by molar-refractivity contribution is -0.146. The highest BCUT2D eigenvalue weighted by Gasteiger charge is 2.12. The van der Waals surface area contributed by atoms with Crippen molar-refractivity contribution >= 4 is 11.8 Å². The van der Waals surface area contributed by atoms with Crippen LogP contribution in [0, 0.1) is 6.92 Å². The molecular formula is C17H21N3O4. The van der Waals surface area contributed by atoms with E-state index in [1.54, 1.807) is 6.92 Å². The summed E-state index contributed by atoms with van der Waals surface area (Å²) in [5.41, 5.74) is 0.969. The molecule has 7 nitrogen and oxygen atoms in total. The van der Waals surface area contributed by atoms with Crippen LogP contribution in [0.25, 0.3) is 11.4 Å². The lowest BCUT2D eigenvalue weighted by Crippen LogP contribution is -2.18. The Hall–Kier alpha value is -2.54. The molecule has 2 aromatic rings. The van der Waals surface area contributed by atoms with Crippen molar-refractivity contribution in [2.75, 3.05) is 19.8 Å². The van der Waals surface area contributed by atoms with E-state index in [0.29, 0.717) is 13.2 Å². The van der Waals surface area contributed by atoms with Crippen molar-refractivity contribution in [3.8, 4) is 11.4 Å². The molecule has 7 heteroatoms. The molecule has 0 N–H and O–H groups in total. The van der Waals surface area contributed by atoms with Crippen molar-refractivity contribution in [3.63, 3.8) is 0 Å². The Morgan fingerprint density at radius 1 is 1.17 bits per heavy atom. The zero-order chi connectivity index (χ0) is 17.4. The first-order valence-corrected chi connectivity index (χ1v) is 7.82. The van der Waals surface area contributed by atoms with E-state index >= 15 is 0 Å². The van der Waals surface area contributed by atoms with Gasteiger partial charge in [0.25, 0.3) is 0 Å². The van der Waals surface area contributed by atoms with Crippen molar-refractivity contribution in [3.05, 3.63) is 36.2 Å². The number of ether oxygens (including phenoxy) is 2. The van der Waals surface area contributed by atoms with Crippen LogP contribution in [-0.4, -0.2) is 46.3 Å². The van der Waals surface area contributed by atoms with Gasteiger partial charge in [0.05, 0.1) is 13.2 Å². The van der Waals surface area contributed by atoms with E-state index in [-0.39, 0.29) is 25.4 Å². The molecule has 0 spiro atoms. The van der Waals surface area contributed by atoms with E-state index in [2.05, 4.69) is 10.2 Å². The first kappa shape index (κ1) is 17.8. The summed E-state index contributed by atoms with van der Waals surface area (Å²) in [6.07, 6.45) is -0.255. The summed E-state index contributed by atoms with van der Waals surface area (Å²) in [7, 11) is 0. The van der Waals surface area contributed by atoms with Crippen molar-refractivity contribution < 1.29 is 19.1 Å². The van der Waals surface area contributed by atoms with Crippen LogP contribution in [0.15, 0.2) is 30.3 Å². The molecule has 128 valence electrons. The van der Waals surface area contributed by atoms with Gasteiger partial charge in [0.2, 0.25) is 0 Å². The molecule has 24 heavy (non-hydrogen) atoms. The van der Waals surface area contributed by atoms with Crippen molar-refractivity contribution in [1.82, 2.24) is 14.8 Å². The molecule has 0 fully saturated rings. The van der Waals surface area contributed by atoms with E-state index in [9.17, 15) is 9.59 Å². The fourth-order valence-electron chi connectivity index (χ4n) is 2.22. The van der Waals surface area contributed by atoms with Gasteiger partial charge in [-0.2, -0.15) is 0 Å². The van der Waals surface area contributed by atoms with Crippen LogP contribution in [0.1, 0.15) is 19.2 Å². The van der Waals surface area contributed by atoms with Gasteiger partial charge in [-0.25, -0.2) is 0 Å². The largest absolute Gasteiger partial charge is 0.466 e. The van der Waals surface area contributed by atoms with Crippen LogP contribution in [0.5, 0.6) is 0 Å². The molecule has 1 aromatic carbocycles. The van der Waals surface area contributed by atoms with E-state index in [1.807, 2.05) is 41.8 Å². The number of Topliss-reactive ketones (excluding diaryl/α,β-unsaturated/α-hetero) is 1. The van der Waals surface area contributed by atoms with Crippen LogP contribution in [0.4, 0.5) is 0 Å². The number of ketones is 1. The SMILES string of the molecule is CCOC(=O)CC(=O)COCCn1c(C)nnc1-c1ccccc1. The summed E-state index contributed by atoms with van der Waals surface area (Å²) in [6.45, 7) is 4.57. The molecule has 0 atom stereocenters. The molecule has 0 saturated heterocycles. The Labute approximate surface area is 140 Å². The summed E-state index contributed by atoms with van der Waals surface area (Å²) in [5, 5.41) is 8.28. The summed E-state index contributed by atoms with van der Waals surface area (Å²) >= 11 is 0. The van der Waals surface area contributed by atoms with Gasteiger partial charge in [-0.1, -0.05) is 30.3 Å². The van der Waals surface area contributed by atoms with Gasteiger partial charge in [0.1, 0.15) is 18.9 Å². The van der Waals surface area contributed by atoms with Crippen LogP contribution in [-0.2, 0) is 25.6 Å². The van der Waals surface area contributed by atoms with Gasteiger partial charge in [-0.15, -0.1) is 10.2 Å². The standard InChI is InChI=1S/C17H21N3O4/c1-3-24-16(22)11-15(21)12-23-10-9-20-13(2)18-19-17(20)14-7-5-4-6-8-14/h4-8H,3,9-12H2,1-2H3. The number of carbonyl (C=O) groups is 2. The minimum atomic E-state index is -0.521. The third-order valence-corrected chi connectivity index (χ3v) is 3.34. The molecule has 1 heterocycles. The number of aromatic nitrogens is 3. The zero-order valence-corrected chi connectivity index (χ0v) is 13.9. The number of hydrogen-bond acceptors (Lipinski definition) is 6. The molecule has 0 radical (unpaired) electrons. The fraction of sp³-hybridized carbons (Fsp3) is 0.412. The normalized spacial score (nSPS) is 10.6. The quantitative estimate of drug-likeness (QED) is 0.396. The second-order valence-corrected chi connectivity index (χ2v) is 5.16. The van der Waals surface area contributed by atoms with E-state index in [1.165, 1.54) is 0 Å². The van der Waals surface area contributed by atoms with Gasteiger partial charge < -0.3 is 14.0 Å². The Balaban J connectivity index is 1.84. The van der Waals surface area contributed by atoms with Crippen molar-refractivity contribution in [1.29, 1.82) is 0 Å². The average molecular weight is 331 g/mol. The third kappa shape index (κ3) is 4.99. The first-order valence-electron chi connectivity index (χ1n) is 7.82. The lowest BCUT2D eigenvalue weighted by Gasteiger charge is -2.09. The Kier molecular flexibility index (Phi) is 6.62. The second kappa shape index (κ2) is 8.93. The minimum absolute atomic E-state index is 0.110. The summed E-state index contributed by atoms with van der Waals surface area (Å²) in [4.78, 5) is 22.8. The van der Waals surface area contributed by atoms with E-state index in [4.69, 9.17) is 9.47 Å². The number of benzene rings is 1. The highest BCUT2D eigenvalue weighted by molar-refractivity contribution is 5.96. The minimum Gasteiger partial charge on any atom is -0.466 e. The smallest absolute Gasteiger partial charge is 0.313 e. The zero-order valence-electron chi connectivity index (χ0n) is 13.9. The summed E-state index contributed by atoms with van der Waals surface area (Å²) in [6, 6.07) is 9.74. The fourth-order valence-corrected chi connectivity index (χ4v) is 2.22. The molecule has 0 aliphatic carbocycles. The number of carbonyl (C=O) groups excluding carboxylic acids is 2. The van der Waals surface area contributed by atoms with Crippen LogP contribution < -0.4 is 0 Å². The van der Waals surface area contributed by atoms with Crippen LogP contribution in [0.3, 0.4) is 0 Å². The number of rotatable bonds is 9. The monoisotopic (exact) mass is 331 g/mol. The molecule has 0 saturated carbocycles. The Morgan fingerprint density at radius 2 is 1.92 bits per heavy atom. The molecular weight excluding hydrogens is 310 g/mol. The first-order chi connectivity index (χ1) is 11.6. The Morgan fingerprint density at radius 3 is 2.62 bits per heavy atom. The van der Waals surface area contributed by atoms with Crippen LogP contribution in [0.2, 0.25) is 0 Å². The van der Waals surface area contributed by atoms with Crippen molar-refractivity contribution in [2.24, 2.45) is 0 Å². The lowest BCUT2D eigenvalue weighted by atomic mass is 10.2. The van der Waals surface area contributed by atoms with Crippen LogP contribution >= 0.6 is 0 Å². The van der Waals surface area contributed by atoms with Crippen molar-refractivity contribution in [2.45, 2.75) is 26.8 Å². The number of esters is 1. The highest BCUT2D eigenvalue weighted by Crippen LogP contribution is 2.17.